The quantitative estimate of drug-likeness (QED) is 0.769. The minimum Gasteiger partial charge on any atom is -0.491 e. The van der Waals surface area contributed by atoms with Crippen LogP contribution in [0.3, 0.4) is 0 Å². The van der Waals surface area contributed by atoms with Gasteiger partial charge >= 0.3 is 6.03 Å². The Hall–Kier alpha value is -1.95. The number of carbonyl (C=O) groups excluding carboxylic acids is 1. The summed E-state index contributed by atoms with van der Waals surface area (Å²) in [7, 11) is 0. The lowest BCUT2D eigenvalue weighted by atomic mass is 10.3. The number of urea groups is 1. The number of primary amides is 1. The third-order valence-corrected chi connectivity index (χ3v) is 3.28. The standard InChI is InChI=1S/C14H19ClN4O2/c1-2-8-21-11-5-3-4-10-13(11)18-12(9-15)19(10)7-6-17-14(16)20/h3-5H,2,6-9H2,1H3,(H3,16,17,20). The van der Waals surface area contributed by atoms with Gasteiger partial charge in [0.25, 0.3) is 0 Å². The van der Waals surface area contributed by atoms with Crippen LogP contribution in [-0.4, -0.2) is 28.7 Å². The fourth-order valence-electron chi connectivity index (χ4n) is 2.14. The van der Waals surface area contributed by atoms with Crippen LogP contribution < -0.4 is 15.8 Å². The number of hydrogen-bond donors (Lipinski definition) is 2. The number of rotatable bonds is 7. The number of nitrogens with zero attached hydrogens (tertiary/aromatic N) is 2. The number of hydrogen-bond acceptors (Lipinski definition) is 3. The van der Waals surface area contributed by atoms with Crippen LogP contribution in [0, 0.1) is 0 Å². The van der Waals surface area contributed by atoms with E-state index in [1.807, 2.05) is 22.8 Å². The van der Waals surface area contributed by atoms with Gasteiger partial charge in [0.2, 0.25) is 0 Å². The first-order chi connectivity index (χ1) is 10.2. The van der Waals surface area contributed by atoms with Gasteiger partial charge in [-0.05, 0) is 18.6 Å². The number of para-hydroxylation sites is 1. The third kappa shape index (κ3) is 3.58. The molecule has 0 bridgehead atoms. The van der Waals surface area contributed by atoms with Crippen LogP contribution in [0.15, 0.2) is 18.2 Å². The summed E-state index contributed by atoms with van der Waals surface area (Å²) in [5, 5.41) is 2.56. The highest BCUT2D eigenvalue weighted by Gasteiger charge is 2.13. The Balaban J connectivity index is 2.32. The van der Waals surface area contributed by atoms with Gasteiger partial charge in [-0.25, -0.2) is 9.78 Å². The molecule has 0 radical (unpaired) electrons. The molecule has 3 N–H and O–H groups in total. The fourth-order valence-corrected chi connectivity index (χ4v) is 2.34. The molecule has 0 aliphatic rings. The predicted octanol–water partition coefficient (Wildman–Crippen LogP) is 2.23. The molecule has 0 spiro atoms. The molecule has 114 valence electrons. The molecule has 7 heteroatoms. The van der Waals surface area contributed by atoms with Crippen molar-refractivity contribution in [3.05, 3.63) is 24.0 Å². The van der Waals surface area contributed by atoms with E-state index in [9.17, 15) is 4.79 Å². The van der Waals surface area contributed by atoms with E-state index in [0.29, 0.717) is 25.6 Å². The number of fused-ring (bicyclic) bond motifs is 1. The zero-order chi connectivity index (χ0) is 15.2. The van der Waals surface area contributed by atoms with Gasteiger partial charge in [0.05, 0.1) is 18.0 Å². The highest BCUT2D eigenvalue weighted by atomic mass is 35.5. The number of ether oxygens (including phenoxy) is 1. The number of imidazole rings is 1. The molecule has 1 heterocycles. The summed E-state index contributed by atoms with van der Waals surface area (Å²) in [5.41, 5.74) is 6.80. The van der Waals surface area contributed by atoms with Crippen molar-refractivity contribution < 1.29 is 9.53 Å². The molecule has 0 saturated carbocycles. The largest absolute Gasteiger partial charge is 0.491 e. The number of benzene rings is 1. The highest BCUT2D eigenvalue weighted by Crippen LogP contribution is 2.26. The molecule has 0 aliphatic heterocycles. The first-order valence-electron chi connectivity index (χ1n) is 6.87. The Morgan fingerprint density at radius 2 is 2.33 bits per heavy atom. The van der Waals surface area contributed by atoms with Crippen molar-refractivity contribution >= 4 is 28.7 Å². The van der Waals surface area contributed by atoms with E-state index in [4.69, 9.17) is 22.1 Å². The van der Waals surface area contributed by atoms with Crippen LogP contribution in [0.5, 0.6) is 5.75 Å². The number of amides is 2. The average Bonchev–Trinajstić information content (AvgIpc) is 2.83. The molecular weight excluding hydrogens is 292 g/mol. The molecule has 0 aliphatic carbocycles. The van der Waals surface area contributed by atoms with Crippen LogP contribution in [0.25, 0.3) is 11.0 Å². The highest BCUT2D eigenvalue weighted by molar-refractivity contribution is 6.16. The molecule has 2 rings (SSSR count). The second-order valence-corrected chi connectivity index (χ2v) is 4.84. The zero-order valence-corrected chi connectivity index (χ0v) is 12.7. The van der Waals surface area contributed by atoms with Gasteiger partial charge in [-0.3, -0.25) is 0 Å². The molecule has 21 heavy (non-hydrogen) atoms. The molecule has 6 nitrogen and oxygen atoms in total. The van der Waals surface area contributed by atoms with Crippen molar-refractivity contribution in [1.29, 1.82) is 0 Å². The third-order valence-electron chi connectivity index (χ3n) is 3.04. The second-order valence-electron chi connectivity index (χ2n) is 4.58. The lowest BCUT2D eigenvalue weighted by Crippen LogP contribution is -2.32. The normalized spacial score (nSPS) is 10.8. The van der Waals surface area contributed by atoms with Crippen LogP contribution in [-0.2, 0) is 12.4 Å². The SMILES string of the molecule is CCCOc1cccc2c1nc(CCl)n2CCNC(N)=O. The molecule has 2 aromatic rings. The summed E-state index contributed by atoms with van der Waals surface area (Å²) < 4.78 is 7.68. The minimum atomic E-state index is -0.543. The van der Waals surface area contributed by atoms with Gasteiger partial charge in [-0.2, -0.15) is 0 Å². The van der Waals surface area contributed by atoms with Crippen molar-refractivity contribution in [2.24, 2.45) is 5.73 Å². The maximum absolute atomic E-state index is 10.8. The molecule has 1 aromatic heterocycles. The first-order valence-corrected chi connectivity index (χ1v) is 7.41. The lowest BCUT2D eigenvalue weighted by molar-refractivity contribution is 0.248. The Bertz CT molecular complexity index is 627. The van der Waals surface area contributed by atoms with Gasteiger partial charge in [0.1, 0.15) is 17.1 Å². The van der Waals surface area contributed by atoms with E-state index in [1.54, 1.807) is 0 Å². The van der Waals surface area contributed by atoms with E-state index in [1.165, 1.54) is 0 Å². The van der Waals surface area contributed by atoms with Crippen LogP contribution in [0.2, 0.25) is 0 Å². The van der Waals surface area contributed by atoms with Crippen molar-refractivity contribution in [1.82, 2.24) is 14.9 Å². The van der Waals surface area contributed by atoms with Crippen molar-refractivity contribution in [3.8, 4) is 5.75 Å². The summed E-state index contributed by atoms with van der Waals surface area (Å²) in [6, 6.07) is 5.24. The van der Waals surface area contributed by atoms with Crippen LogP contribution >= 0.6 is 11.6 Å². The Labute approximate surface area is 128 Å². The van der Waals surface area contributed by atoms with E-state index in [2.05, 4.69) is 17.2 Å². The number of alkyl halides is 1. The van der Waals surface area contributed by atoms with Crippen molar-refractivity contribution in [2.45, 2.75) is 25.8 Å². The summed E-state index contributed by atoms with van der Waals surface area (Å²) in [6.07, 6.45) is 0.933. The minimum absolute atomic E-state index is 0.290. The number of nitrogens with one attached hydrogen (secondary N) is 1. The number of halogens is 1. The topological polar surface area (TPSA) is 82.2 Å². The van der Waals surface area contributed by atoms with Crippen molar-refractivity contribution in [2.75, 3.05) is 13.2 Å². The fraction of sp³-hybridized carbons (Fsp3) is 0.429. The molecule has 0 atom stereocenters. The second kappa shape index (κ2) is 7.17. The van der Waals surface area contributed by atoms with Crippen molar-refractivity contribution in [3.63, 3.8) is 0 Å². The van der Waals surface area contributed by atoms with E-state index < -0.39 is 6.03 Å². The summed E-state index contributed by atoms with van der Waals surface area (Å²) >= 11 is 5.97. The van der Waals surface area contributed by atoms with E-state index in [0.717, 1.165) is 29.0 Å². The summed E-state index contributed by atoms with van der Waals surface area (Å²) in [5.74, 6) is 1.78. The van der Waals surface area contributed by atoms with Gasteiger partial charge in [0, 0.05) is 13.1 Å². The number of aromatic nitrogens is 2. The number of nitrogens with two attached hydrogens (primary N) is 1. The Morgan fingerprint density at radius 3 is 3.00 bits per heavy atom. The number of carbonyl (C=O) groups is 1. The van der Waals surface area contributed by atoms with Gasteiger partial charge in [-0.1, -0.05) is 13.0 Å². The zero-order valence-electron chi connectivity index (χ0n) is 11.9. The molecule has 0 saturated heterocycles. The molecular formula is C14H19ClN4O2. The van der Waals surface area contributed by atoms with E-state index >= 15 is 0 Å². The Kier molecular flexibility index (Phi) is 5.27. The monoisotopic (exact) mass is 310 g/mol. The summed E-state index contributed by atoms with van der Waals surface area (Å²) in [4.78, 5) is 15.3. The van der Waals surface area contributed by atoms with Gasteiger partial charge in [0.15, 0.2) is 0 Å². The maximum Gasteiger partial charge on any atom is 0.312 e. The molecule has 2 amide bonds. The molecule has 1 aromatic carbocycles. The smallest absolute Gasteiger partial charge is 0.312 e. The van der Waals surface area contributed by atoms with Crippen LogP contribution in [0.4, 0.5) is 4.79 Å². The maximum atomic E-state index is 10.8. The van der Waals surface area contributed by atoms with E-state index in [-0.39, 0.29) is 0 Å². The Morgan fingerprint density at radius 1 is 1.52 bits per heavy atom. The lowest BCUT2D eigenvalue weighted by Gasteiger charge is -2.08. The van der Waals surface area contributed by atoms with Crippen LogP contribution in [0.1, 0.15) is 19.2 Å². The first kappa shape index (κ1) is 15.4. The summed E-state index contributed by atoms with van der Waals surface area (Å²) in [6.45, 7) is 3.67. The molecule has 0 fully saturated rings. The predicted molar refractivity (Wildman–Crippen MR) is 82.7 cm³/mol. The average molecular weight is 311 g/mol. The van der Waals surface area contributed by atoms with Gasteiger partial charge < -0.3 is 20.4 Å². The van der Waals surface area contributed by atoms with Gasteiger partial charge in [-0.15, -0.1) is 11.6 Å². The molecule has 0 unspecified atom stereocenters.